The number of aliphatic hydroxyl groups is 1. The van der Waals surface area contributed by atoms with E-state index in [4.69, 9.17) is 5.73 Å². The molecular weight excluding hydrogens is 336 g/mol. The molecule has 0 saturated heterocycles. The van der Waals surface area contributed by atoms with Crippen molar-refractivity contribution in [3.05, 3.63) is 70.8 Å². The van der Waals surface area contributed by atoms with Crippen LogP contribution >= 0.6 is 0 Å². The molecule has 0 radical (unpaired) electrons. The van der Waals surface area contributed by atoms with E-state index in [1.807, 2.05) is 37.3 Å². The first-order valence-corrected chi connectivity index (χ1v) is 9.74. The monoisotopic (exact) mass is 368 g/mol. The second-order valence-electron chi connectivity index (χ2n) is 7.17. The molecule has 0 aliphatic rings. The summed E-state index contributed by atoms with van der Waals surface area (Å²) in [7, 11) is 1.71. The van der Waals surface area contributed by atoms with Crippen molar-refractivity contribution in [1.29, 1.82) is 0 Å². The lowest BCUT2D eigenvalue weighted by molar-refractivity contribution is -0.135. The molecule has 0 saturated carbocycles. The Kier molecular flexibility index (Phi) is 7.57. The van der Waals surface area contributed by atoms with Crippen molar-refractivity contribution in [2.45, 2.75) is 58.2 Å². The minimum atomic E-state index is -0.747. The van der Waals surface area contributed by atoms with Gasteiger partial charge in [-0.05, 0) is 48.4 Å². The molecule has 4 nitrogen and oxygen atoms in total. The molecule has 2 rings (SSSR count). The van der Waals surface area contributed by atoms with Crippen LogP contribution in [-0.4, -0.2) is 35.0 Å². The Labute approximate surface area is 163 Å². The second-order valence-corrected chi connectivity index (χ2v) is 7.17. The summed E-state index contributed by atoms with van der Waals surface area (Å²) in [6, 6.07) is 14.8. The standard InChI is InChI=1S/C23H32N2O2/c1-5-18-13-12-17(14-19(18)6-2)15-21(24)23(27)25(4)16(3)22(26)20-10-8-7-9-11-20/h7-14,16,21-22,26H,5-6,15,24H2,1-4H3/t16-,21+,22+/m0/s1. The van der Waals surface area contributed by atoms with Crippen LogP contribution in [0.5, 0.6) is 0 Å². The van der Waals surface area contributed by atoms with Gasteiger partial charge in [0.1, 0.15) is 0 Å². The highest BCUT2D eigenvalue weighted by atomic mass is 16.3. The van der Waals surface area contributed by atoms with E-state index < -0.39 is 12.1 Å². The highest BCUT2D eigenvalue weighted by molar-refractivity contribution is 5.82. The molecule has 0 spiro atoms. The van der Waals surface area contributed by atoms with Crippen LogP contribution < -0.4 is 5.73 Å². The van der Waals surface area contributed by atoms with Gasteiger partial charge >= 0.3 is 0 Å². The highest BCUT2D eigenvalue weighted by Gasteiger charge is 2.27. The van der Waals surface area contributed by atoms with Gasteiger partial charge in [0.2, 0.25) is 5.91 Å². The molecular formula is C23H32N2O2. The quantitative estimate of drug-likeness (QED) is 0.751. The number of rotatable bonds is 8. The molecule has 0 unspecified atom stereocenters. The summed E-state index contributed by atoms with van der Waals surface area (Å²) < 4.78 is 0. The zero-order valence-electron chi connectivity index (χ0n) is 16.9. The van der Waals surface area contributed by atoms with Crippen molar-refractivity contribution in [3.63, 3.8) is 0 Å². The maximum absolute atomic E-state index is 12.8. The number of aryl methyl sites for hydroxylation is 2. The molecule has 2 aromatic rings. The summed E-state index contributed by atoms with van der Waals surface area (Å²) in [6.45, 7) is 6.13. The zero-order chi connectivity index (χ0) is 20.0. The summed E-state index contributed by atoms with van der Waals surface area (Å²) in [4.78, 5) is 14.4. The summed E-state index contributed by atoms with van der Waals surface area (Å²) in [5.41, 5.74) is 10.7. The smallest absolute Gasteiger partial charge is 0.239 e. The minimum Gasteiger partial charge on any atom is -0.386 e. The first-order chi connectivity index (χ1) is 12.9. The third-order valence-corrected chi connectivity index (χ3v) is 5.36. The number of hydrogen-bond donors (Lipinski definition) is 2. The average Bonchev–Trinajstić information content (AvgIpc) is 2.71. The van der Waals surface area contributed by atoms with Gasteiger partial charge in [-0.1, -0.05) is 62.4 Å². The molecule has 2 aromatic carbocycles. The molecule has 146 valence electrons. The van der Waals surface area contributed by atoms with Crippen LogP contribution in [0.2, 0.25) is 0 Å². The summed E-state index contributed by atoms with van der Waals surface area (Å²) in [5.74, 6) is -0.157. The fourth-order valence-corrected chi connectivity index (χ4v) is 3.42. The van der Waals surface area contributed by atoms with Gasteiger partial charge in [0.05, 0.1) is 18.2 Å². The molecule has 1 amide bonds. The number of nitrogens with zero attached hydrogens (tertiary/aromatic N) is 1. The first kappa shape index (κ1) is 21.1. The third kappa shape index (κ3) is 5.18. The van der Waals surface area contributed by atoms with E-state index in [2.05, 4.69) is 32.0 Å². The van der Waals surface area contributed by atoms with Crippen molar-refractivity contribution >= 4 is 5.91 Å². The van der Waals surface area contributed by atoms with E-state index in [1.54, 1.807) is 11.9 Å². The minimum absolute atomic E-state index is 0.157. The zero-order valence-corrected chi connectivity index (χ0v) is 16.9. The lowest BCUT2D eigenvalue weighted by Gasteiger charge is -2.31. The molecule has 0 fully saturated rings. The Hall–Kier alpha value is -2.17. The number of hydrogen-bond acceptors (Lipinski definition) is 3. The fourth-order valence-electron chi connectivity index (χ4n) is 3.42. The van der Waals surface area contributed by atoms with E-state index in [0.717, 1.165) is 24.0 Å². The van der Waals surface area contributed by atoms with Gasteiger partial charge in [0.15, 0.2) is 0 Å². The van der Waals surface area contributed by atoms with Crippen molar-refractivity contribution in [3.8, 4) is 0 Å². The number of carbonyl (C=O) groups is 1. The summed E-state index contributed by atoms with van der Waals surface area (Å²) in [6.07, 6.45) is 1.73. The maximum atomic E-state index is 12.8. The number of aliphatic hydroxyl groups excluding tert-OH is 1. The molecule has 3 atom stereocenters. The molecule has 0 bridgehead atoms. The predicted molar refractivity (Wildman–Crippen MR) is 111 cm³/mol. The first-order valence-electron chi connectivity index (χ1n) is 9.74. The van der Waals surface area contributed by atoms with Gasteiger partial charge in [0.25, 0.3) is 0 Å². The molecule has 27 heavy (non-hydrogen) atoms. The van der Waals surface area contributed by atoms with Crippen molar-refractivity contribution in [2.75, 3.05) is 7.05 Å². The van der Waals surface area contributed by atoms with Crippen LogP contribution in [0.3, 0.4) is 0 Å². The van der Waals surface area contributed by atoms with Gasteiger partial charge in [-0.25, -0.2) is 0 Å². The number of nitrogens with two attached hydrogens (primary N) is 1. The van der Waals surface area contributed by atoms with Crippen LogP contribution in [0.4, 0.5) is 0 Å². The molecule has 3 N–H and O–H groups in total. The van der Waals surface area contributed by atoms with Gasteiger partial charge < -0.3 is 15.7 Å². The SMILES string of the molecule is CCc1ccc(C[C@@H](N)C(=O)N(C)[C@@H](C)[C@@H](O)c2ccccc2)cc1CC. The molecule has 4 heteroatoms. The summed E-state index contributed by atoms with van der Waals surface area (Å²) in [5, 5.41) is 10.6. The lowest BCUT2D eigenvalue weighted by Crippen LogP contribution is -2.48. The van der Waals surface area contributed by atoms with Crippen molar-refractivity contribution < 1.29 is 9.90 Å². The lowest BCUT2D eigenvalue weighted by atomic mass is 9.96. The van der Waals surface area contributed by atoms with Crippen LogP contribution in [0.15, 0.2) is 48.5 Å². The Morgan fingerprint density at radius 2 is 1.70 bits per heavy atom. The molecule has 0 heterocycles. The maximum Gasteiger partial charge on any atom is 0.239 e. The predicted octanol–water partition coefficient (Wildman–Crippen LogP) is 3.26. The van der Waals surface area contributed by atoms with E-state index in [9.17, 15) is 9.90 Å². The van der Waals surface area contributed by atoms with Crippen LogP contribution in [0.25, 0.3) is 0 Å². The van der Waals surface area contributed by atoms with Gasteiger partial charge in [0, 0.05) is 7.05 Å². The van der Waals surface area contributed by atoms with E-state index in [-0.39, 0.29) is 11.9 Å². The Balaban J connectivity index is 2.05. The van der Waals surface area contributed by atoms with Gasteiger partial charge in [-0.2, -0.15) is 0 Å². The van der Waals surface area contributed by atoms with E-state index >= 15 is 0 Å². The number of amides is 1. The van der Waals surface area contributed by atoms with E-state index in [1.165, 1.54) is 11.1 Å². The number of carbonyl (C=O) groups excluding carboxylic acids is 1. The van der Waals surface area contributed by atoms with E-state index in [0.29, 0.717) is 6.42 Å². The molecule has 0 aliphatic heterocycles. The normalized spacial score (nSPS) is 14.4. The van der Waals surface area contributed by atoms with Crippen LogP contribution in [0, 0.1) is 0 Å². The van der Waals surface area contributed by atoms with Crippen LogP contribution in [0.1, 0.15) is 49.1 Å². The van der Waals surface area contributed by atoms with Crippen molar-refractivity contribution in [2.24, 2.45) is 5.73 Å². The van der Waals surface area contributed by atoms with Gasteiger partial charge in [-0.3, -0.25) is 4.79 Å². The Bertz CT molecular complexity index is 745. The topological polar surface area (TPSA) is 66.6 Å². The number of likely N-dealkylation sites (N-methyl/N-ethyl adjacent to an activating group) is 1. The second kappa shape index (κ2) is 9.67. The summed E-state index contributed by atoms with van der Waals surface area (Å²) >= 11 is 0. The average molecular weight is 369 g/mol. The Morgan fingerprint density at radius 3 is 2.30 bits per heavy atom. The van der Waals surface area contributed by atoms with Crippen molar-refractivity contribution in [1.82, 2.24) is 4.90 Å². The highest BCUT2D eigenvalue weighted by Crippen LogP contribution is 2.21. The number of benzene rings is 2. The van der Waals surface area contributed by atoms with Crippen LogP contribution in [-0.2, 0) is 24.1 Å². The molecule has 0 aliphatic carbocycles. The fraction of sp³-hybridized carbons (Fsp3) is 0.435. The molecule has 0 aromatic heterocycles. The largest absolute Gasteiger partial charge is 0.386 e. The Morgan fingerprint density at radius 1 is 1.07 bits per heavy atom. The van der Waals surface area contributed by atoms with Gasteiger partial charge in [-0.15, -0.1) is 0 Å². The third-order valence-electron chi connectivity index (χ3n) is 5.36.